The van der Waals surface area contributed by atoms with Gasteiger partial charge < -0.3 is 14.8 Å². The maximum Gasteiger partial charge on any atom is 0.271 e. The van der Waals surface area contributed by atoms with Gasteiger partial charge in [0.15, 0.2) is 4.80 Å². The molecule has 0 aliphatic carbocycles. The van der Waals surface area contributed by atoms with E-state index in [1.807, 2.05) is 98.8 Å². The summed E-state index contributed by atoms with van der Waals surface area (Å²) < 4.78 is 13.5. The van der Waals surface area contributed by atoms with Gasteiger partial charge in [0.05, 0.1) is 35.1 Å². The monoisotopic (exact) mass is 539 g/mol. The van der Waals surface area contributed by atoms with Gasteiger partial charge in [-0.2, -0.15) is 0 Å². The number of fused-ring (bicyclic) bond motifs is 1. The number of benzene rings is 3. The molecule has 0 bridgehead atoms. The van der Waals surface area contributed by atoms with Gasteiger partial charge in [0.1, 0.15) is 11.5 Å². The van der Waals surface area contributed by atoms with E-state index >= 15 is 0 Å². The molecule has 5 rings (SSSR count). The third-order valence-electron chi connectivity index (χ3n) is 6.28. The van der Waals surface area contributed by atoms with E-state index in [4.69, 9.17) is 14.5 Å². The van der Waals surface area contributed by atoms with Crippen molar-refractivity contribution in [3.8, 4) is 11.5 Å². The van der Waals surface area contributed by atoms with Crippen LogP contribution in [0.25, 0.3) is 6.08 Å². The van der Waals surface area contributed by atoms with E-state index in [0.717, 1.165) is 11.1 Å². The summed E-state index contributed by atoms with van der Waals surface area (Å²) in [5.74, 6) is 1.01. The van der Waals surface area contributed by atoms with E-state index in [9.17, 15) is 9.59 Å². The second kappa shape index (κ2) is 11.1. The van der Waals surface area contributed by atoms with E-state index in [2.05, 4.69) is 5.32 Å². The van der Waals surface area contributed by atoms with Crippen molar-refractivity contribution in [1.82, 2.24) is 4.57 Å². The van der Waals surface area contributed by atoms with Gasteiger partial charge in [-0.3, -0.25) is 14.2 Å². The molecule has 0 saturated carbocycles. The van der Waals surface area contributed by atoms with E-state index < -0.39 is 6.04 Å². The first-order chi connectivity index (χ1) is 18.9. The molecule has 0 spiro atoms. The Labute approximate surface area is 230 Å². The summed E-state index contributed by atoms with van der Waals surface area (Å²) in [5.41, 5.74) is 2.92. The SMILES string of the molecule is COc1cccc([C@H]2C(C(=O)Nc3ccccc3)=C(C)N=c3s/c(=C\c4ccccc4OC(C)C)c(=O)n32)c1. The molecule has 39 heavy (non-hydrogen) atoms. The number of nitrogens with one attached hydrogen (secondary N) is 1. The third-order valence-corrected chi connectivity index (χ3v) is 7.26. The number of thiazole rings is 1. The van der Waals surface area contributed by atoms with Crippen LogP contribution in [-0.2, 0) is 4.79 Å². The minimum Gasteiger partial charge on any atom is -0.497 e. The van der Waals surface area contributed by atoms with Crippen molar-refractivity contribution in [3.05, 3.63) is 121 Å². The van der Waals surface area contributed by atoms with Gasteiger partial charge in [0, 0.05) is 11.3 Å². The number of carbonyl (C=O) groups is 1. The molecule has 2 heterocycles. The highest BCUT2D eigenvalue weighted by atomic mass is 32.1. The first-order valence-electron chi connectivity index (χ1n) is 12.6. The second-order valence-corrected chi connectivity index (χ2v) is 10.4. The van der Waals surface area contributed by atoms with E-state index in [-0.39, 0.29) is 17.6 Å². The molecule has 8 heteroatoms. The molecule has 1 atom stereocenters. The number of methoxy groups -OCH3 is 1. The molecule has 0 radical (unpaired) electrons. The quantitative estimate of drug-likeness (QED) is 0.370. The van der Waals surface area contributed by atoms with Crippen LogP contribution in [0.15, 0.2) is 99.9 Å². The Morgan fingerprint density at radius 2 is 1.79 bits per heavy atom. The van der Waals surface area contributed by atoms with Crippen LogP contribution in [0.3, 0.4) is 0 Å². The molecule has 1 amide bonds. The van der Waals surface area contributed by atoms with Crippen molar-refractivity contribution < 1.29 is 14.3 Å². The summed E-state index contributed by atoms with van der Waals surface area (Å²) in [6.45, 7) is 5.73. The van der Waals surface area contributed by atoms with Crippen LogP contribution in [0, 0.1) is 0 Å². The Hall–Kier alpha value is -4.43. The van der Waals surface area contributed by atoms with Crippen molar-refractivity contribution in [1.29, 1.82) is 0 Å². The van der Waals surface area contributed by atoms with Gasteiger partial charge in [-0.15, -0.1) is 0 Å². The summed E-state index contributed by atoms with van der Waals surface area (Å²) in [6, 6.07) is 23.6. The molecule has 0 fully saturated rings. The Morgan fingerprint density at radius 3 is 2.54 bits per heavy atom. The molecule has 198 valence electrons. The molecule has 1 N–H and O–H groups in total. The molecule has 0 saturated heterocycles. The molecule has 4 aromatic rings. The van der Waals surface area contributed by atoms with Crippen LogP contribution < -0.4 is 29.7 Å². The Morgan fingerprint density at radius 1 is 1.05 bits per heavy atom. The number of amides is 1. The van der Waals surface area contributed by atoms with Crippen LogP contribution in [-0.4, -0.2) is 23.7 Å². The van der Waals surface area contributed by atoms with Gasteiger partial charge in [0.25, 0.3) is 11.5 Å². The summed E-state index contributed by atoms with van der Waals surface area (Å²) in [6.07, 6.45) is 1.81. The van der Waals surface area contributed by atoms with Gasteiger partial charge >= 0.3 is 0 Å². The minimum atomic E-state index is -0.690. The number of allylic oxidation sites excluding steroid dienone is 1. The topological polar surface area (TPSA) is 81.9 Å². The molecule has 1 aliphatic heterocycles. The summed E-state index contributed by atoms with van der Waals surface area (Å²) >= 11 is 1.29. The summed E-state index contributed by atoms with van der Waals surface area (Å²) in [7, 11) is 1.59. The van der Waals surface area contributed by atoms with E-state index in [0.29, 0.717) is 37.8 Å². The maximum atomic E-state index is 14.0. The Kier molecular flexibility index (Phi) is 7.47. The second-order valence-electron chi connectivity index (χ2n) is 9.38. The van der Waals surface area contributed by atoms with Crippen LogP contribution in [0.1, 0.15) is 37.9 Å². The average Bonchev–Trinajstić information content (AvgIpc) is 3.23. The van der Waals surface area contributed by atoms with Gasteiger partial charge in [0.2, 0.25) is 0 Å². The molecule has 1 aliphatic rings. The number of ether oxygens (including phenoxy) is 2. The molecule has 3 aromatic carbocycles. The van der Waals surface area contributed by atoms with Gasteiger partial charge in [-0.1, -0.05) is 59.9 Å². The number of hydrogen-bond acceptors (Lipinski definition) is 6. The Balaban J connectivity index is 1.68. The molecule has 1 aromatic heterocycles. The predicted molar refractivity (Wildman–Crippen MR) is 154 cm³/mol. The van der Waals surface area contributed by atoms with Gasteiger partial charge in [-0.25, -0.2) is 4.99 Å². The van der Waals surface area contributed by atoms with E-state index in [1.54, 1.807) is 18.6 Å². The number of carbonyl (C=O) groups excluding carboxylic acids is 1. The maximum absolute atomic E-state index is 14.0. The largest absolute Gasteiger partial charge is 0.497 e. The highest BCUT2D eigenvalue weighted by Gasteiger charge is 2.32. The van der Waals surface area contributed by atoms with Crippen LogP contribution in [0.5, 0.6) is 11.5 Å². The predicted octanol–water partition coefficient (Wildman–Crippen LogP) is 4.67. The fourth-order valence-corrected chi connectivity index (χ4v) is 5.60. The number of para-hydroxylation sites is 2. The van der Waals surface area contributed by atoms with Crippen molar-refractivity contribution in [2.45, 2.75) is 32.9 Å². The molecule has 7 nitrogen and oxygen atoms in total. The zero-order valence-electron chi connectivity index (χ0n) is 22.2. The summed E-state index contributed by atoms with van der Waals surface area (Å²) in [4.78, 5) is 32.9. The normalized spacial score (nSPS) is 15.1. The Bertz CT molecular complexity index is 1740. The number of anilines is 1. The van der Waals surface area contributed by atoms with Crippen LogP contribution in [0.2, 0.25) is 0 Å². The standard InChI is InChI=1S/C31H29N3O4S/c1-19(2)38-25-16-9-8-11-21(25)18-26-30(36)34-28(22-12-10-15-24(17-22)37-4)27(20(3)32-31(34)39-26)29(35)33-23-13-6-5-7-14-23/h5-19,28H,1-4H3,(H,33,35)/b26-18-/t28-/m0/s1. The van der Waals surface area contributed by atoms with Crippen LogP contribution >= 0.6 is 11.3 Å². The molecule has 0 unspecified atom stereocenters. The lowest BCUT2D eigenvalue weighted by Crippen LogP contribution is -2.40. The number of nitrogens with zero attached hydrogens (tertiary/aromatic N) is 2. The fourth-order valence-electron chi connectivity index (χ4n) is 4.56. The zero-order valence-corrected chi connectivity index (χ0v) is 23.0. The minimum absolute atomic E-state index is 0.0119. The average molecular weight is 540 g/mol. The highest BCUT2D eigenvalue weighted by molar-refractivity contribution is 7.07. The fraction of sp³-hybridized carbons (Fsp3) is 0.194. The lowest BCUT2D eigenvalue weighted by molar-refractivity contribution is -0.113. The highest BCUT2D eigenvalue weighted by Crippen LogP contribution is 2.32. The van der Waals surface area contributed by atoms with Crippen molar-refractivity contribution in [2.24, 2.45) is 4.99 Å². The lowest BCUT2D eigenvalue weighted by Gasteiger charge is -2.25. The van der Waals surface area contributed by atoms with Crippen molar-refractivity contribution in [3.63, 3.8) is 0 Å². The summed E-state index contributed by atoms with van der Waals surface area (Å²) in [5, 5.41) is 2.97. The number of aromatic nitrogens is 1. The first-order valence-corrected chi connectivity index (χ1v) is 13.5. The smallest absolute Gasteiger partial charge is 0.271 e. The lowest BCUT2D eigenvalue weighted by atomic mass is 9.95. The number of rotatable bonds is 7. The van der Waals surface area contributed by atoms with Crippen LogP contribution in [0.4, 0.5) is 5.69 Å². The first kappa shape index (κ1) is 26.2. The van der Waals surface area contributed by atoms with Crippen molar-refractivity contribution in [2.75, 3.05) is 12.4 Å². The molecular weight excluding hydrogens is 510 g/mol. The van der Waals surface area contributed by atoms with E-state index in [1.165, 1.54) is 11.3 Å². The molecular formula is C31H29N3O4S. The van der Waals surface area contributed by atoms with Crippen molar-refractivity contribution >= 4 is 29.0 Å². The number of hydrogen-bond donors (Lipinski definition) is 1. The zero-order chi connectivity index (χ0) is 27.5. The third kappa shape index (κ3) is 5.42. The van der Waals surface area contributed by atoms with Gasteiger partial charge in [-0.05, 0) is 62.7 Å².